The van der Waals surface area contributed by atoms with Gasteiger partial charge in [-0.25, -0.2) is 0 Å². The second-order valence-electron chi connectivity index (χ2n) is 10.4. The van der Waals surface area contributed by atoms with Crippen molar-refractivity contribution in [3.63, 3.8) is 0 Å². The third-order valence-electron chi connectivity index (χ3n) is 6.74. The first-order valence-corrected chi connectivity index (χ1v) is 13.1. The number of hydrogen-bond donors (Lipinski definition) is 0. The molecule has 0 aromatic heterocycles. The molecule has 0 spiro atoms. The zero-order valence-corrected chi connectivity index (χ0v) is 23.4. The van der Waals surface area contributed by atoms with Gasteiger partial charge in [0.05, 0.1) is 14.2 Å². The average Bonchev–Trinajstić information content (AvgIpc) is 2.97. The Balaban J connectivity index is 1.61. The zero-order valence-electron chi connectivity index (χ0n) is 23.4. The fraction of sp³-hybridized carbons (Fsp3) is 0.200. The first-order chi connectivity index (χ1) is 19.3. The molecular weight excluding hydrogens is 494 g/mol. The van der Waals surface area contributed by atoms with Crippen molar-refractivity contribution in [2.45, 2.75) is 26.7 Å². The van der Waals surface area contributed by atoms with Gasteiger partial charge in [0.1, 0.15) is 29.2 Å². The Labute approximate surface area is 237 Å². The Bertz CT molecular complexity index is 1460. The molecule has 5 nitrogen and oxygen atoms in total. The lowest BCUT2D eigenvalue weighted by molar-refractivity contribution is 0.355. The SMILES string of the molecule is COc1ccc(N(c2ccc(/C=C/C3=CC(=C\C=C(C#N)C#N)/CC(C)(C)C3)cc2)c2ccc(OC)cc2)cc1. The van der Waals surface area contributed by atoms with Gasteiger partial charge in [-0.05, 0) is 102 Å². The Kier molecular flexibility index (Phi) is 8.89. The molecule has 0 atom stereocenters. The van der Waals surface area contributed by atoms with Gasteiger partial charge in [0.25, 0.3) is 0 Å². The number of methoxy groups -OCH3 is 2. The normalized spacial score (nSPS) is 15.1. The predicted molar refractivity (Wildman–Crippen MR) is 162 cm³/mol. The van der Waals surface area contributed by atoms with Gasteiger partial charge in [0.15, 0.2) is 0 Å². The van der Waals surface area contributed by atoms with Crippen LogP contribution in [0.5, 0.6) is 11.5 Å². The van der Waals surface area contributed by atoms with Crippen LogP contribution in [-0.2, 0) is 0 Å². The highest BCUT2D eigenvalue weighted by Crippen LogP contribution is 2.39. The second kappa shape index (κ2) is 12.7. The van der Waals surface area contributed by atoms with Crippen LogP contribution in [0.3, 0.4) is 0 Å². The Morgan fingerprint density at radius 1 is 0.750 bits per heavy atom. The molecule has 3 aromatic carbocycles. The third kappa shape index (κ3) is 7.10. The summed E-state index contributed by atoms with van der Waals surface area (Å²) in [5.74, 6) is 1.62. The first-order valence-electron chi connectivity index (χ1n) is 13.1. The van der Waals surface area contributed by atoms with Crippen molar-refractivity contribution >= 4 is 23.1 Å². The highest BCUT2D eigenvalue weighted by atomic mass is 16.5. The third-order valence-corrected chi connectivity index (χ3v) is 6.74. The predicted octanol–water partition coefficient (Wildman–Crippen LogP) is 8.83. The summed E-state index contributed by atoms with van der Waals surface area (Å²) in [6.45, 7) is 4.48. The van der Waals surface area contributed by atoms with E-state index in [1.807, 2.05) is 66.7 Å². The molecule has 0 amide bonds. The summed E-state index contributed by atoms with van der Waals surface area (Å²) in [4.78, 5) is 2.19. The smallest absolute Gasteiger partial charge is 0.129 e. The van der Waals surface area contributed by atoms with E-state index in [2.05, 4.69) is 61.2 Å². The summed E-state index contributed by atoms with van der Waals surface area (Å²) in [6, 6.07) is 28.3. The van der Waals surface area contributed by atoms with Gasteiger partial charge in [0, 0.05) is 17.1 Å². The molecule has 0 N–H and O–H groups in total. The van der Waals surface area contributed by atoms with Gasteiger partial charge < -0.3 is 14.4 Å². The van der Waals surface area contributed by atoms with E-state index >= 15 is 0 Å². The summed E-state index contributed by atoms with van der Waals surface area (Å²) in [6.07, 6.45) is 11.8. The number of benzene rings is 3. The molecule has 3 aromatic rings. The van der Waals surface area contributed by atoms with Crippen LogP contribution in [0.1, 0.15) is 32.3 Å². The molecule has 0 radical (unpaired) electrons. The van der Waals surface area contributed by atoms with Gasteiger partial charge in [0.2, 0.25) is 0 Å². The standard InChI is InChI=1S/C35H33N3O2/c1-35(2)22-27(21-28(23-35)7-8-29(24-36)25-37)6-5-26-9-11-30(12-10-26)38(31-13-17-33(39-3)18-14-31)32-15-19-34(40-4)20-16-32/h5-21H,22-23H2,1-4H3/b6-5+,28-7+. The number of rotatable bonds is 8. The van der Waals surface area contributed by atoms with Gasteiger partial charge >= 0.3 is 0 Å². The molecule has 0 saturated carbocycles. The molecule has 0 unspecified atom stereocenters. The number of ether oxygens (including phenoxy) is 2. The molecule has 1 aliphatic carbocycles. The number of allylic oxidation sites excluding steroid dienone is 7. The van der Waals surface area contributed by atoms with E-state index in [4.69, 9.17) is 20.0 Å². The van der Waals surface area contributed by atoms with Crippen LogP contribution in [0.25, 0.3) is 6.08 Å². The molecule has 40 heavy (non-hydrogen) atoms. The van der Waals surface area contributed by atoms with Crippen LogP contribution in [0.2, 0.25) is 0 Å². The highest BCUT2D eigenvalue weighted by molar-refractivity contribution is 5.77. The van der Waals surface area contributed by atoms with Crippen molar-refractivity contribution in [3.05, 3.63) is 119 Å². The van der Waals surface area contributed by atoms with Crippen molar-refractivity contribution in [2.24, 2.45) is 5.41 Å². The van der Waals surface area contributed by atoms with Crippen LogP contribution < -0.4 is 14.4 Å². The molecular formula is C35H33N3O2. The Hall–Kier alpha value is -5.00. The average molecular weight is 528 g/mol. The fourth-order valence-electron chi connectivity index (χ4n) is 4.86. The molecule has 1 aliphatic rings. The lowest BCUT2D eigenvalue weighted by atomic mass is 9.75. The maximum atomic E-state index is 9.04. The van der Waals surface area contributed by atoms with Crippen LogP contribution in [0, 0.1) is 28.1 Å². The van der Waals surface area contributed by atoms with Gasteiger partial charge in [-0.1, -0.05) is 50.3 Å². The largest absolute Gasteiger partial charge is 0.497 e. The summed E-state index contributed by atoms with van der Waals surface area (Å²) < 4.78 is 10.7. The van der Waals surface area contributed by atoms with Crippen LogP contribution in [0.15, 0.2) is 114 Å². The fourth-order valence-corrected chi connectivity index (χ4v) is 4.86. The minimum Gasteiger partial charge on any atom is -0.497 e. The van der Waals surface area contributed by atoms with Crippen molar-refractivity contribution in [2.75, 3.05) is 19.1 Å². The van der Waals surface area contributed by atoms with Gasteiger partial charge in [-0.15, -0.1) is 0 Å². The molecule has 0 heterocycles. The topological polar surface area (TPSA) is 69.3 Å². The van der Waals surface area contributed by atoms with E-state index in [9.17, 15) is 0 Å². The maximum Gasteiger partial charge on any atom is 0.129 e. The monoisotopic (exact) mass is 527 g/mol. The molecule has 5 heteroatoms. The zero-order chi connectivity index (χ0) is 28.5. The number of nitrogens with zero attached hydrogens (tertiary/aromatic N) is 3. The molecule has 0 aliphatic heterocycles. The van der Waals surface area contributed by atoms with Crippen molar-refractivity contribution in [3.8, 4) is 23.6 Å². The van der Waals surface area contributed by atoms with E-state index in [-0.39, 0.29) is 11.0 Å². The summed E-state index contributed by atoms with van der Waals surface area (Å²) >= 11 is 0. The highest BCUT2D eigenvalue weighted by Gasteiger charge is 2.24. The quantitative estimate of drug-likeness (QED) is 0.274. The number of hydrogen-bond acceptors (Lipinski definition) is 5. The minimum atomic E-state index is 0.0919. The first kappa shape index (κ1) is 28.0. The van der Waals surface area contributed by atoms with E-state index in [1.165, 1.54) is 5.57 Å². The molecule has 4 rings (SSSR count). The van der Waals surface area contributed by atoms with E-state index < -0.39 is 0 Å². The Morgan fingerprint density at radius 2 is 1.25 bits per heavy atom. The van der Waals surface area contributed by atoms with E-state index in [1.54, 1.807) is 20.3 Å². The van der Waals surface area contributed by atoms with Gasteiger partial charge in [-0.2, -0.15) is 10.5 Å². The minimum absolute atomic E-state index is 0.0919. The van der Waals surface area contributed by atoms with Crippen LogP contribution in [-0.4, -0.2) is 14.2 Å². The van der Waals surface area contributed by atoms with E-state index in [0.29, 0.717) is 0 Å². The van der Waals surface area contributed by atoms with Crippen molar-refractivity contribution in [1.82, 2.24) is 0 Å². The molecule has 0 bridgehead atoms. The van der Waals surface area contributed by atoms with Gasteiger partial charge in [-0.3, -0.25) is 0 Å². The second-order valence-corrected chi connectivity index (χ2v) is 10.4. The van der Waals surface area contributed by atoms with Crippen LogP contribution in [0.4, 0.5) is 17.1 Å². The molecule has 0 saturated heterocycles. The van der Waals surface area contributed by atoms with Crippen molar-refractivity contribution < 1.29 is 9.47 Å². The van der Waals surface area contributed by atoms with Crippen molar-refractivity contribution in [1.29, 1.82) is 10.5 Å². The summed E-state index contributed by atoms with van der Waals surface area (Å²) in [5.41, 5.74) is 6.71. The summed E-state index contributed by atoms with van der Waals surface area (Å²) in [7, 11) is 3.33. The summed E-state index contributed by atoms with van der Waals surface area (Å²) in [5, 5.41) is 18.1. The lowest BCUT2D eigenvalue weighted by Crippen LogP contribution is -2.16. The number of anilines is 3. The maximum absolute atomic E-state index is 9.04. The lowest BCUT2D eigenvalue weighted by Gasteiger charge is -2.30. The van der Waals surface area contributed by atoms with E-state index in [0.717, 1.165) is 52.5 Å². The Morgan fingerprint density at radius 3 is 1.73 bits per heavy atom. The molecule has 0 fully saturated rings. The molecule has 200 valence electrons. The van der Waals surface area contributed by atoms with Crippen LogP contribution >= 0.6 is 0 Å². The number of nitriles is 2.